The van der Waals surface area contributed by atoms with Crippen molar-refractivity contribution in [2.75, 3.05) is 42.8 Å². The van der Waals surface area contributed by atoms with E-state index < -0.39 is 106 Å². The predicted molar refractivity (Wildman–Crippen MR) is 406 cm³/mol. The Morgan fingerprint density at radius 1 is 0.535 bits per heavy atom. The van der Waals surface area contributed by atoms with E-state index in [0.717, 1.165) is 23.9 Å². The number of ketones is 1. The van der Waals surface area contributed by atoms with Gasteiger partial charge in [0.2, 0.25) is 11.3 Å². The molecule has 6 heterocycles. The molecule has 0 fully saturated rings. The Morgan fingerprint density at radius 3 is 1.21 bits per heavy atom. The fourth-order valence-corrected chi connectivity index (χ4v) is 9.04. The smallest absolute Gasteiger partial charge is 0.450 e. The van der Waals surface area contributed by atoms with Gasteiger partial charge in [0.05, 0.1) is 45.4 Å². The van der Waals surface area contributed by atoms with Crippen molar-refractivity contribution < 1.29 is 114 Å². The first-order valence-electron chi connectivity index (χ1n) is 31.7. The zero-order valence-electron chi connectivity index (χ0n) is 60.2. The van der Waals surface area contributed by atoms with Crippen molar-refractivity contribution in [2.24, 2.45) is 17.5 Å². The number of benzene rings is 5. The van der Waals surface area contributed by atoms with Crippen LogP contribution >= 0.6 is 50.5 Å². The van der Waals surface area contributed by atoms with E-state index >= 15 is 0 Å². The molecule has 114 heavy (non-hydrogen) atoms. The number of nitrogens with zero attached hydrogens (tertiary/aromatic N) is 5. The van der Waals surface area contributed by atoms with E-state index in [4.69, 9.17) is 23.2 Å². The summed E-state index contributed by atoms with van der Waals surface area (Å²) in [6.45, 7) is 17.6. The fourth-order valence-electron chi connectivity index (χ4n) is 8.84. The normalized spacial score (nSPS) is 12.5. The van der Waals surface area contributed by atoms with E-state index in [1.807, 2.05) is 30.3 Å². The van der Waals surface area contributed by atoms with Crippen LogP contribution in [0.5, 0.6) is 0 Å². The number of para-hydroxylation sites is 5. The third-order valence-electron chi connectivity index (χ3n) is 14.5. The first-order valence-corrected chi connectivity index (χ1v) is 36.5. The molecule has 0 bridgehead atoms. The first-order chi connectivity index (χ1) is 51.9. The number of rotatable bonds is 9. The summed E-state index contributed by atoms with van der Waals surface area (Å²) in [4.78, 5) is 93.0. The molecule has 4 aromatic heterocycles. The summed E-state index contributed by atoms with van der Waals surface area (Å²) in [5.41, 5.74) is 8.76. The third-order valence-corrected chi connectivity index (χ3v) is 14.7. The van der Waals surface area contributed by atoms with Gasteiger partial charge >= 0.3 is 54.0 Å². The largest absolute Gasteiger partial charge is 0.466 e. The van der Waals surface area contributed by atoms with Gasteiger partial charge in [-0.25, -0.2) is 30.4 Å². The molecule has 13 N–H and O–H groups in total. The second-order valence-electron chi connectivity index (χ2n) is 21.9. The van der Waals surface area contributed by atoms with E-state index in [2.05, 4.69) is 111 Å². The summed E-state index contributed by atoms with van der Waals surface area (Å²) in [6.07, 6.45) is -24.1. The molecule has 2 aliphatic rings. The Morgan fingerprint density at radius 2 is 0.877 bits per heavy atom. The summed E-state index contributed by atoms with van der Waals surface area (Å²) in [6, 6.07) is 36.3. The first kappa shape index (κ1) is 104. The Labute approximate surface area is 660 Å². The number of aromatic amines is 1. The zero-order valence-corrected chi connectivity index (χ0v) is 64.1. The summed E-state index contributed by atoms with van der Waals surface area (Å²) >= 11 is 19.4. The number of hydrogen-bond acceptors (Lipinski definition) is 20. The van der Waals surface area contributed by atoms with Crippen LogP contribution in [0.15, 0.2) is 179 Å². The molecule has 0 saturated heterocycles. The number of H-pyrrole nitrogens is 1. The van der Waals surface area contributed by atoms with E-state index in [1.54, 1.807) is 38.1 Å². The minimum absolute atomic E-state index is 0. The van der Waals surface area contributed by atoms with E-state index in [-0.39, 0.29) is 91.1 Å². The van der Waals surface area contributed by atoms with Crippen molar-refractivity contribution in [3.05, 3.63) is 212 Å². The van der Waals surface area contributed by atoms with Gasteiger partial charge in [-0.05, 0) is 143 Å². The van der Waals surface area contributed by atoms with Crippen LogP contribution in [-0.2, 0) is 67.5 Å². The molecule has 9 aromatic rings. The van der Waals surface area contributed by atoms with Crippen LogP contribution in [-0.4, -0.2) is 103 Å². The summed E-state index contributed by atoms with van der Waals surface area (Å²) < 4.78 is 206. The average Bonchev–Trinajstić information content (AvgIpc) is 1.23. The number of pyridine rings is 4. The van der Waals surface area contributed by atoms with Crippen molar-refractivity contribution in [3.63, 3.8) is 0 Å². The Kier molecular flexibility index (Phi) is 42.9. The number of carbonyl (C=O) groups is 6. The molecule has 0 radical (unpaired) electrons. The minimum Gasteiger partial charge on any atom is -0.466 e. The lowest BCUT2D eigenvalue weighted by atomic mass is 10.1. The molecule has 23 nitrogen and oxygen atoms in total. The number of esters is 3. The van der Waals surface area contributed by atoms with Gasteiger partial charge < -0.3 is 36.0 Å². The Hall–Kier alpha value is -10.0. The number of cyclic esters (lactones) is 2. The van der Waals surface area contributed by atoms with E-state index in [0.29, 0.717) is 22.2 Å². The van der Waals surface area contributed by atoms with Crippen molar-refractivity contribution in [1.82, 2.24) is 29.8 Å². The number of amides is 2. The number of fused-ring (bicyclic) bond motifs is 4. The summed E-state index contributed by atoms with van der Waals surface area (Å²) in [5, 5.41) is -2.63. The highest BCUT2D eigenvalue weighted by molar-refractivity contribution is 8.24. The van der Waals surface area contributed by atoms with Gasteiger partial charge in [-0.3, -0.25) is 45.6 Å². The van der Waals surface area contributed by atoms with Crippen molar-refractivity contribution in [2.45, 2.75) is 100 Å². The molecule has 2 aliphatic heterocycles. The molecule has 0 atom stereocenters. The maximum Gasteiger partial charge on any atom is 0.450 e. The van der Waals surface area contributed by atoms with Crippen LogP contribution in [0.3, 0.4) is 0 Å². The van der Waals surface area contributed by atoms with Gasteiger partial charge in [0.25, 0.3) is 11.8 Å². The molecule has 0 aliphatic carbocycles. The van der Waals surface area contributed by atoms with Crippen LogP contribution in [0.2, 0.25) is 5.15 Å². The maximum atomic E-state index is 13.3. The molecular formula is C71H76Cl4F15N12O11P. The van der Waals surface area contributed by atoms with Crippen LogP contribution < -0.4 is 39.7 Å². The number of imide groups is 1. The van der Waals surface area contributed by atoms with Crippen molar-refractivity contribution in [3.8, 4) is 0 Å². The van der Waals surface area contributed by atoms with Gasteiger partial charge in [0.1, 0.15) is 23.2 Å². The lowest BCUT2D eigenvalue weighted by Crippen LogP contribution is -2.37. The van der Waals surface area contributed by atoms with E-state index in [1.165, 1.54) is 113 Å². The van der Waals surface area contributed by atoms with Crippen molar-refractivity contribution >= 4 is 147 Å². The highest BCUT2D eigenvalue weighted by Gasteiger charge is 2.41. The highest BCUT2D eigenvalue weighted by atomic mass is 36.0. The van der Waals surface area contributed by atoms with Gasteiger partial charge in [0, 0.05) is 61.1 Å². The maximum absolute atomic E-state index is 13.3. The van der Waals surface area contributed by atoms with Crippen LogP contribution in [0.1, 0.15) is 91.5 Å². The second kappa shape index (κ2) is 47.0. The number of hydrogen-bond donors (Lipinski definition) is 7. The van der Waals surface area contributed by atoms with Crippen molar-refractivity contribution in [1.29, 1.82) is 0 Å². The fraction of sp³-hybridized carbons (Fsp3) is 0.268. The predicted octanol–water partition coefficient (Wildman–Crippen LogP) is 17.8. The molecule has 2 amide bonds. The SMILES string of the molecule is C.CC1=C(C)C(=O)N(Nc2cc(C(F)(F)F)c3ccccc3n2)C1=O.CC1=C(C)C(=O)OC1=O.CCN(CC)CC.CCOC(=O)CC(=O)C(F)(F)F.FC(F)(F)c1cc(Cl)nc2ccccc12.NN.NNc1cc(C(F)(F)F)c2ccccc2n1.Nc1ccccc1.O.O=P(Cl)(Cl)Cl.O=c1cc(C(F)(F)F)c2ccccc2[nH]1. The standard InChI is InChI=1S/C16H12F3N3O2.C10H5ClF3N.C10H8F3N3.C10H6F3NO.C6H7F3O3.C6H7N.C6H15N.C6H6O3.CH4.Cl3OP.H4N2.H2O/c1-8-9(2)15(24)22(14(8)23)21-13-7-11(16(17,18)19)10-5-3-4-6-12(10)20-13;11-9-5-7(10(12,13)14)6-3-1-2-4-8(6)15-9;11-10(12,13)7-5-9(16-14)15-8-4-2-1-3-6(7)8;11-10(12,13)7-5-9(15)14-8-4-2-1-3-6(7)8;1-2-12-5(11)3-4(10)6(7,8)9;7-6-4-2-1-3-5-6;1-4-7(5-2)6-3;1-3-4(2)6(8)9-5(3)7;;1-5(2,3)4;1-2;/h3-7H,1-2H3,(H,20,21);1-5H;1-5H,14H2,(H,15,16);1-5H,(H,14,15);2-3H2,1H3;1-5H,7H2;4-6H2,1-3H3;1-2H3;1H4;;1-2H2;1H2. The van der Waals surface area contributed by atoms with E-state index in [9.17, 15) is 104 Å². The van der Waals surface area contributed by atoms with Gasteiger partial charge in [-0.15, -0.1) is 0 Å². The Bertz CT molecular complexity index is 4840. The number of ether oxygens (including phenoxy) is 2. The van der Waals surface area contributed by atoms with Crippen LogP contribution in [0.25, 0.3) is 43.6 Å². The number of aromatic nitrogens is 4. The molecule has 43 heteroatoms. The molecule has 0 unspecified atom stereocenters. The lowest BCUT2D eigenvalue weighted by molar-refractivity contribution is -0.174. The number of nitrogens with two attached hydrogens (primary N) is 4. The summed E-state index contributed by atoms with van der Waals surface area (Å²) in [7, 11) is 0. The number of anilines is 3. The van der Waals surface area contributed by atoms with Gasteiger partial charge in [-0.2, -0.15) is 70.9 Å². The molecule has 0 spiro atoms. The number of Topliss-reactive ketones (excluding diaryl/α,β-unsaturated/α-hetero) is 1. The molecule has 0 saturated carbocycles. The topological polar surface area (TPSA) is 376 Å². The summed E-state index contributed by atoms with van der Waals surface area (Å²) in [5.74, 6) is 7.35. The molecular weight excluding hydrogens is 1650 g/mol. The second-order valence-corrected chi connectivity index (χ2v) is 29.0. The number of hydrazine groups is 3. The molecule has 11 rings (SSSR count). The zero-order chi connectivity index (χ0) is 85.6. The number of nitrogens with one attached hydrogen (secondary N) is 3. The number of nitrogen functional groups attached to an aromatic ring is 2. The minimum atomic E-state index is -4.95. The highest BCUT2D eigenvalue weighted by Crippen LogP contribution is 2.61. The Balaban J connectivity index is 0.00000130. The number of halogens is 19. The lowest BCUT2D eigenvalue weighted by Gasteiger charge is -2.18. The third kappa shape index (κ3) is 34.0. The molecule has 624 valence electrons. The van der Waals surface area contributed by atoms with Crippen LogP contribution in [0, 0.1) is 0 Å². The molecule has 5 aromatic carbocycles. The van der Waals surface area contributed by atoms with Gasteiger partial charge in [0.15, 0.2) is 0 Å². The number of alkyl halides is 15. The average molecular weight is 1730 g/mol. The number of carbonyl (C=O) groups excluding carboxylic acids is 6. The van der Waals surface area contributed by atoms with Crippen LogP contribution in [0.4, 0.5) is 83.2 Å². The quantitative estimate of drug-likeness (QED) is 0.00812. The monoisotopic (exact) mass is 1730 g/mol. The van der Waals surface area contributed by atoms with Gasteiger partial charge in [-0.1, -0.05) is 131 Å².